The monoisotopic (exact) mass is 505 g/mol. The highest BCUT2D eigenvalue weighted by Gasteiger charge is 2.30. The minimum Gasteiger partial charge on any atom is -0.371 e. The summed E-state index contributed by atoms with van der Waals surface area (Å²) in [4.78, 5) is 13.5. The maximum Gasteiger partial charge on any atom is 0.416 e. The van der Waals surface area contributed by atoms with Gasteiger partial charge >= 0.3 is 6.18 Å². The van der Waals surface area contributed by atoms with Crippen molar-refractivity contribution in [2.45, 2.75) is 23.9 Å². The van der Waals surface area contributed by atoms with Crippen LogP contribution in [0, 0.1) is 0 Å². The van der Waals surface area contributed by atoms with E-state index in [1.807, 2.05) is 11.6 Å². The van der Waals surface area contributed by atoms with Gasteiger partial charge in [0.05, 0.1) is 18.3 Å². The molecule has 1 aliphatic rings. The van der Waals surface area contributed by atoms with Crippen molar-refractivity contribution >= 4 is 17.7 Å². The second-order valence-electron chi connectivity index (χ2n) is 8.29. The minimum atomic E-state index is -4.34. The molecular weight excluding hydrogens is 479 g/mol. The van der Waals surface area contributed by atoms with Gasteiger partial charge in [0.15, 0.2) is 11.0 Å². The zero-order valence-electron chi connectivity index (χ0n) is 19.2. The number of hydrogen-bond donors (Lipinski definition) is 1. The van der Waals surface area contributed by atoms with Gasteiger partial charge in [-0.15, -0.1) is 10.2 Å². The molecule has 0 aliphatic carbocycles. The summed E-state index contributed by atoms with van der Waals surface area (Å²) < 4.78 is 46.1. The number of rotatable bonds is 8. The number of nitrogens with zero attached hydrogens (tertiary/aromatic N) is 4. The van der Waals surface area contributed by atoms with Crippen LogP contribution in [0.4, 0.5) is 13.2 Å². The van der Waals surface area contributed by atoms with E-state index >= 15 is 0 Å². The summed E-state index contributed by atoms with van der Waals surface area (Å²) in [5.74, 6) is 1.07. The third-order valence-electron chi connectivity index (χ3n) is 5.87. The Balaban J connectivity index is 1.26. The van der Waals surface area contributed by atoms with Gasteiger partial charge in [-0.3, -0.25) is 9.69 Å². The summed E-state index contributed by atoms with van der Waals surface area (Å²) in [7, 11) is 1.90. The van der Waals surface area contributed by atoms with Crippen molar-refractivity contribution in [1.29, 1.82) is 0 Å². The number of aromatic nitrogens is 3. The molecule has 4 rings (SSSR count). The molecule has 1 atom stereocenters. The highest BCUT2D eigenvalue weighted by molar-refractivity contribution is 7.99. The van der Waals surface area contributed by atoms with E-state index in [-0.39, 0.29) is 6.10 Å². The van der Waals surface area contributed by atoms with E-state index < -0.39 is 17.6 Å². The number of primary amides is 1. The Morgan fingerprint density at radius 1 is 1.14 bits per heavy atom. The van der Waals surface area contributed by atoms with Crippen LogP contribution in [0.2, 0.25) is 0 Å². The van der Waals surface area contributed by atoms with Gasteiger partial charge in [-0.25, -0.2) is 0 Å². The summed E-state index contributed by atoms with van der Waals surface area (Å²) in [5.41, 5.74) is 6.68. The number of ether oxygens (including phenoxy) is 1. The summed E-state index contributed by atoms with van der Waals surface area (Å²) in [6.07, 6.45) is -3.66. The molecule has 0 bridgehead atoms. The second-order valence-corrected chi connectivity index (χ2v) is 9.35. The average Bonchev–Trinajstić information content (AvgIpc) is 3.21. The molecular formula is C24H26F3N5O2S. The van der Waals surface area contributed by atoms with Crippen molar-refractivity contribution in [3.05, 3.63) is 65.2 Å². The maximum atomic E-state index is 12.8. The lowest BCUT2D eigenvalue weighted by molar-refractivity contribution is -0.137. The molecule has 0 radical (unpaired) electrons. The maximum absolute atomic E-state index is 12.8. The molecule has 7 nitrogen and oxygen atoms in total. The van der Waals surface area contributed by atoms with Crippen LogP contribution in [0.5, 0.6) is 0 Å². The fourth-order valence-corrected chi connectivity index (χ4v) is 4.76. The molecule has 1 amide bonds. The zero-order valence-corrected chi connectivity index (χ0v) is 20.0. The Kier molecular flexibility index (Phi) is 7.78. The number of hydrogen-bond acceptors (Lipinski definition) is 6. The van der Waals surface area contributed by atoms with Crippen LogP contribution in [0.3, 0.4) is 0 Å². The smallest absolute Gasteiger partial charge is 0.371 e. The van der Waals surface area contributed by atoms with E-state index in [2.05, 4.69) is 15.1 Å². The molecule has 0 saturated carbocycles. The number of carbonyl (C=O) groups is 1. The Morgan fingerprint density at radius 3 is 2.51 bits per heavy atom. The molecule has 1 aliphatic heterocycles. The normalized spacial score (nSPS) is 17.0. The highest BCUT2D eigenvalue weighted by atomic mass is 32.2. The lowest BCUT2D eigenvalue weighted by Gasteiger charge is -2.33. The van der Waals surface area contributed by atoms with Gasteiger partial charge in [0.25, 0.3) is 0 Å². The number of morpholine rings is 1. The number of nitrogens with two attached hydrogens (primary N) is 1. The van der Waals surface area contributed by atoms with E-state index in [4.69, 9.17) is 10.5 Å². The average molecular weight is 506 g/mol. The van der Waals surface area contributed by atoms with Crippen molar-refractivity contribution < 1.29 is 22.7 Å². The van der Waals surface area contributed by atoms with Crippen LogP contribution in [0.1, 0.15) is 34.0 Å². The molecule has 2 aromatic carbocycles. The number of amides is 1. The lowest BCUT2D eigenvalue weighted by atomic mass is 10.1. The van der Waals surface area contributed by atoms with Crippen LogP contribution in [-0.4, -0.2) is 57.6 Å². The first kappa shape index (κ1) is 25.2. The number of benzene rings is 2. The molecule has 2 heterocycles. The third-order valence-corrected chi connectivity index (χ3v) is 6.98. The van der Waals surface area contributed by atoms with Gasteiger partial charge in [0, 0.05) is 37.0 Å². The molecule has 1 aromatic heterocycles. The van der Waals surface area contributed by atoms with E-state index in [1.165, 1.54) is 12.1 Å². The molecule has 0 unspecified atom stereocenters. The molecule has 35 heavy (non-hydrogen) atoms. The molecule has 1 saturated heterocycles. The zero-order chi connectivity index (χ0) is 25.0. The molecule has 3 aromatic rings. The highest BCUT2D eigenvalue weighted by Crippen LogP contribution is 2.31. The quantitative estimate of drug-likeness (QED) is 0.366. The summed E-state index contributed by atoms with van der Waals surface area (Å²) in [5, 5.41) is 9.35. The van der Waals surface area contributed by atoms with E-state index in [0.717, 1.165) is 53.7 Å². The number of halogens is 3. The van der Waals surface area contributed by atoms with Crippen molar-refractivity contribution in [2.75, 3.05) is 32.0 Å². The van der Waals surface area contributed by atoms with Gasteiger partial charge in [-0.2, -0.15) is 13.2 Å². The van der Waals surface area contributed by atoms with Crippen LogP contribution < -0.4 is 5.73 Å². The van der Waals surface area contributed by atoms with Gasteiger partial charge in [-0.1, -0.05) is 36.0 Å². The SMILES string of the molecule is Cn1c(SCCCN2CCO[C@@H](c3ccc(C(F)(F)F)cc3)C2)nnc1-c1ccc(C(N)=O)cc1. The molecule has 2 N–H and O–H groups in total. The van der Waals surface area contributed by atoms with Gasteiger partial charge in [-0.05, 0) is 42.8 Å². The van der Waals surface area contributed by atoms with Crippen LogP contribution in [0.15, 0.2) is 53.7 Å². The predicted molar refractivity (Wildman–Crippen MR) is 127 cm³/mol. The first-order chi connectivity index (χ1) is 16.7. The molecule has 0 spiro atoms. The Bertz CT molecular complexity index is 1150. The number of alkyl halides is 3. The Labute approximate surface area is 205 Å². The van der Waals surface area contributed by atoms with Crippen molar-refractivity contribution in [3.8, 4) is 11.4 Å². The third kappa shape index (κ3) is 6.22. The molecule has 186 valence electrons. The van der Waals surface area contributed by atoms with Crippen LogP contribution >= 0.6 is 11.8 Å². The van der Waals surface area contributed by atoms with E-state index in [9.17, 15) is 18.0 Å². The van der Waals surface area contributed by atoms with Crippen molar-refractivity contribution in [1.82, 2.24) is 19.7 Å². The Hall–Kier alpha value is -2.89. The van der Waals surface area contributed by atoms with Crippen LogP contribution in [-0.2, 0) is 18.0 Å². The number of thioether (sulfide) groups is 1. The van der Waals surface area contributed by atoms with Crippen molar-refractivity contribution in [3.63, 3.8) is 0 Å². The summed E-state index contributed by atoms with van der Waals surface area (Å²) in [6.45, 7) is 2.83. The molecule has 11 heteroatoms. The second kappa shape index (κ2) is 10.8. The standard InChI is InChI=1S/C24H26F3N5O2S/c1-31-22(18-5-3-17(4-6-18)21(28)33)29-30-23(31)35-14-2-11-32-12-13-34-20(15-32)16-7-9-19(10-8-16)24(25,26)27/h3-10,20H,2,11-15H2,1H3,(H2,28,33)/t20-/m1/s1. The predicted octanol–water partition coefficient (Wildman–Crippen LogP) is 4.16. The first-order valence-corrected chi connectivity index (χ1v) is 12.1. The topological polar surface area (TPSA) is 86.3 Å². The van der Waals surface area contributed by atoms with Crippen molar-refractivity contribution in [2.24, 2.45) is 12.8 Å². The van der Waals surface area contributed by atoms with Crippen LogP contribution in [0.25, 0.3) is 11.4 Å². The van der Waals surface area contributed by atoms with E-state index in [1.54, 1.807) is 36.0 Å². The minimum absolute atomic E-state index is 0.235. The number of carbonyl (C=O) groups excluding carboxylic acids is 1. The van der Waals surface area contributed by atoms with Gasteiger partial charge < -0.3 is 15.0 Å². The largest absolute Gasteiger partial charge is 0.416 e. The van der Waals surface area contributed by atoms with E-state index in [0.29, 0.717) is 24.5 Å². The fourth-order valence-electron chi connectivity index (χ4n) is 3.92. The lowest BCUT2D eigenvalue weighted by Crippen LogP contribution is -2.39. The van der Waals surface area contributed by atoms with Gasteiger partial charge in [0.1, 0.15) is 0 Å². The Morgan fingerprint density at radius 2 is 1.86 bits per heavy atom. The molecule has 1 fully saturated rings. The first-order valence-electron chi connectivity index (χ1n) is 11.2. The fraction of sp³-hybridized carbons (Fsp3) is 0.375. The summed E-state index contributed by atoms with van der Waals surface area (Å²) >= 11 is 1.61. The van der Waals surface area contributed by atoms with Gasteiger partial charge in [0.2, 0.25) is 5.91 Å². The summed E-state index contributed by atoms with van der Waals surface area (Å²) in [6, 6.07) is 12.1.